The van der Waals surface area contributed by atoms with Gasteiger partial charge in [-0.3, -0.25) is 4.99 Å². The highest BCUT2D eigenvalue weighted by atomic mass is 15.0. The van der Waals surface area contributed by atoms with Gasteiger partial charge in [0.25, 0.3) is 0 Å². The molecule has 1 rings (SSSR count). The molecular formula is C9H19N3. The van der Waals surface area contributed by atoms with Gasteiger partial charge >= 0.3 is 0 Å². The van der Waals surface area contributed by atoms with Gasteiger partial charge in [0.15, 0.2) is 5.96 Å². The molecule has 1 aliphatic rings. The molecule has 0 heterocycles. The molecule has 0 aromatic rings. The summed E-state index contributed by atoms with van der Waals surface area (Å²) in [4.78, 5) is 4.24. The average Bonchev–Trinajstić information content (AvgIpc) is 1.98. The zero-order chi connectivity index (χ0) is 9.14. The van der Waals surface area contributed by atoms with Crippen molar-refractivity contribution in [2.75, 3.05) is 0 Å². The van der Waals surface area contributed by atoms with Gasteiger partial charge < -0.3 is 11.5 Å². The van der Waals surface area contributed by atoms with Gasteiger partial charge in [0.05, 0.1) is 6.04 Å². The summed E-state index contributed by atoms with van der Waals surface area (Å²) in [6.45, 7) is 4.51. The maximum Gasteiger partial charge on any atom is 0.186 e. The summed E-state index contributed by atoms with van der Waals surface area (Å²) < 4.78 is 0. The van der Waals surface area contributed by atoms with Crippen molar-refractivity contribution in [1.82, 2.24) is 0 Å². The van der Waals surface area contributed by atoms with Gasteiger partial charge in [-0.1, -0.05) is 26.7 Å². The molecule has 0 spiro atoms. The molecule has 0 aromatic carbocycles. The minimum atomic E-state index is 0.237. The number of nitrogens with zero attached hydrogens (tertiary/aromatic N) is 1. The lowest BCUT2D eigenvalue weighted by molar-refractivity contribution is 0.241. The standard InChI is InChI=1S/C9H19N3/c1-6-4-3-5-8(7(6)2)12-9(10)11/h6-8H,3-5H2,1-2H3,(H4,10,11,12)/t6-,7-,8-/m1/s1. The third kappa shape index (κ3) is 2.13. The van der Waals surface area contributed by atoms with Crippen molar-refractivity contribution in [2.24, 2.45) is 28.3 Å². The first-order chi connectivity index (χ1) is 5.61. The van der Waals surface area contributed by atoms with Crippen LogP contribution in [0.4, 0.5) is 0 Å². The van der Waals surface area contributed by atoms with Gasteiger partial charge in [-0.2, -0.15) is 0 Å². The highest BCUT2D eigenvalue weighted by molar-refractivity contribution is 5.75. The van der Waals surface area contributed by atoms with Crippen LogP contribution < -0.4 is 11.5 Å². The second kappa shape index (κ2) is 3.78. The highest BCUT2D eigenvalue weighted by Gasteiger charge is 2.26. The van der Waals surface area contributed by atoms with E-state index < -0.39 is 0 Å². The molecule has 0 aliphatic heterocycles. The van der Waals surface area contributed by atoms with Crippen LogP contribution in [0.2, 0.25) is 0 Å². The molecule has 1 fully saturated rings. The Bertz CT molecular complexity index is 173. The normalized spacial score (nSPS) is 36.0. The summed E-state index contributed by atoms with van der Waals surface area (Å²) in [5.74, 6) is 1.62. The Morgan fingerprint density at radius 3 is 2.50 bits per heavy atom. The van der Waals surface area contributed by atoms with Gasteiger partial charge in [0.1, 0.15) is 0 Å². The summed E-state index contributed by atoms with van der Waals surface area (Å²) in [5.41, 5.74) is 10.7. The van der Waals surface area contributed by atoms with Crippen LogP contribution in [-0.4, -0.2) is 12.0 Å². The number of aliphatic imine (C=N–C) groups is 1. The summed E-state index contributed by atoms with van der Waals surface area (Å²) >= 11 is 0. The zero-order valence-electron chi connectivity index (χ0n) is 7.96. The molecule has 3 nitrogen and oxygen atoms in total. The summed E-state index contributed by atoms with van der Waals surface area (Å²) in [6.07, 6.45) is 3.72. The fourth-order valence-electron chi connectivity index (χ4n) is 1.93. The fourth-order valence-corrected chi connectivity index (χ4v) is 1.93. The van der Waals surface area contributed by atoms with Crippen LogP contribution in [0.25, 0.3) is 0 Å². The molecule has 4 N–H and O–H groups in total. The van der Waals surface area contributed by atoms with Crippen molar-refractivity contribution in [3.8, 4) is 0 Å². The topological polar surface area (TPSA) is 64.4 Å². The molecule has 0 unspecified atom stereocenters. The van der Waals surface area contributed by atoms with Crippen LogP contribution in [-0.2, 0) is 0 Å². The van der Waals surface area contributed by atoms with E-state index >= 15 is 0 Å². The second-order valence-electron chi connectivity index (χ2n) is 3.89. The maximum atomic E-state index is 5.36. The van der Waals surface area contributed by atoms with Crippen LogP contribution in [0.5, 0.6) is 0 Å². The van der Waals surface area contributed by atoms with Gasteiger partial charge in [0.2, 0.25) is 0 Å². The van der Waals surface area contributed by atoms with Gasteiger partial charge in [0, 0.05) is 0 Å². The maximum absolute atomic E-state index is 5.36. The molecule has 0 amide bonds. The Hall–Kier alpha value is -0.730. The lowest BCUT2D eigenvalue weighted by Gasteiger charge is -2.31. The van der Waals surface area contributed by atoms with Crippen molar-refractivity contribution in [3.63, 3.8) is 0 Å². The van der Waals surface area contributed by atoms with Crippen LogP contribution in [0, 0.1) is 11.8 Å². The smallest absolute Gasteiger partial charge is 0.186 e. The molecule has 70 valence electrons. The molecule has 0 aromatic heterocycles. The first-order valence-corrected chi connectivity index (χ1v) is 4.70. The minimum Gasteiger partial charge on any atom is -0.370 e. The predicted octanol–water partition coefficient (Wildman–Crippen LogP) is 1.08. The van der Waals surface area contributed by atoms with E-state index in [0.717, 1.165) is 12.3 Å². The Balaban J connectivity index is 2.58. The number of hydrogen-bond acceptors (Lipinski definition) is 1. The minimum absolute atomic E-state index is 0.237. The Morgan fingerprint density at radius 2 is 1.92 bits per heavy atom. The number of nitrogens with two attached hydrogens (primary N) is 2. The molecule has 1 saturated carbocycles. The van der Waals surface area contributed by atoms with Crippen molar-refractivity contribution in [2.45, 2.75) is 39.2 Å². The Kier molecular flexibility index (Phi) is 2.95. The van der Waals surface area contributed by atoms with Crippen LogP contribution in [0.3, 0.4) is 0 Å². The molecule has 0 radical (unpaired) electrons. The third-order valence-electron chi connectivity index (χ3n) is 2.98. The van der Waals surface area contributed by atoms with Crippen molar-refractivity contribution < 1.29 is 0 Å². The van der Waals surface area contributed by atoms with Crippen LogP contribution in [0.15, 0.2) is 4.99 Å². The average molecular weight is 169 g/mol. The van der Waals surface area contributed by atoms with Gasteiger partial charge in [-0.05, 0) is 18.3 Å². The molecule has 1 aliphatic carbocycles. The number of hydrogen-bond donors (Lipinski definition) is 2. The first kappa shape index (κ1) is 9.36. The predicted molar refractivity (Wildman–Crippen MR) is 51.8 cm³/mol. The largest absolute Gasteiger partial charge is 0.370 e. The third-order valence-corrected chi connectivity index (χ3v) is 2.98. The summed E-state index contributed by atoms with van der Waals surface area (Å²) in [5, 5.41) is 0. The summed E-state index contributed by atoms with van der Waals surface area (Å²) in [7, 11) is 0. The van der Waals surface area contributed by atoms with Crippen molar-refractivity contribution in [3.05, 3.63) is 0 Å². The van der Waals surface area contributed by atoms with E-state index in [-0.39, 0.29) is 5.96 Å². The fraction of sp³-hybridized carbons (Fsp3) is 0.889. The Morgan fingerprint density at radius 1 is 1.25 bits per heavy atom. The van der Waals surface area contributed by atoms with E-state index in [1.165, 1.54) is 12.8 Å². The quantitative estimate of drug-likeness (QED) is 0.456. The lowest BCUT2D eigenvalue weighted by atomic mass is 9.78. The molecule has 0 saturated heterocycles. The van der Waals surface area contributed by atoms with E-state index in [0.29, 0.717) is 12.0 Å². The molecular weight excluding hydrogens is 150 g/mol. The van der Waals surface area contributed by atoms with Crippen molar-refractivity contribution >= 4 is 5.96 Å². The van der Waals surface area contributed by atoms with E-state index in [1.54, 1.807) is 0 Å². The first-order valence-electron chi connectivity index (χ1n) is 4.70. The van der Waals surface area contributed by atoms with Crippen molar-refractivity contribution in [1.29, 1.82) is 0 Å². The molecule has 0 bridgehead atoms. The zero-order valence-corrected chi connectivity index (χ0v) is 7.96. The monoisotopic (exact) mass is 169 g/mol. The molecule has 3 heteroatoms. The van der Waals surface area contributed by atoms with Gasteiger partial charge in [-0.15, -0.1) is 0 Å². The molecule has 12 heavy (non-hydrogen) atoms. The summed E-state index contributed by atoms with van der Waals surface area (Å²) in [6, 6.07) is 0.360. The number of guanidine groups is 1. The van der Waals surface area contributed by atoms with E-state index in [2.05, 4.69) is 18.8 Å². The van der Waals surface area contributed by atoms with Gasteiger partial charge in [-0.25, -0.2) is 0 Å². The van der Waals surface area contributed by atoms with E-state index in [9.17, 15) is 0 Å². The van der Waals surface area contributed by atoms with Crippen LogP contribution in [0.1, 0.15) is 33.1 Å². The molecule has 3 atom stereocenters. The van der Waals surface area contributed by atoms with E-state index in [1.807, 2.05) is 0 Å². The highest BCUT2D eigenvalue weighted by Crippen LogP contribution is 2.31. The van der Waals surface area contributed by atoms with E-state index in [4.69, 9.17) is 11.5 Å². The van der Waals surface area contributed by atoms with Crippen LogP contribution >= 0.6 is 0 Å². The lowest BCUT2D eigenvalue weighted by Crippen LogP contribution is -2.32. The number of rotatable bonds is 1. The second-order valence-corrected chi connectivity index (χ2v) is 3.89. The Labute approximate surface area is 74.2 Å². The SMILES string of the molecule is C[C@@H]1[C@H](C)CCC[C@H]1N=C(N)N.